The lowest BCUT2D eigenvalue weighted by Crippen LogP contribution is -2.35. The lowest BCUT2D eigenvalue weighted by atomic mass is 10.0. The summed E-state index contributed by atoms with van der Waals surface area (Å²) in [5, 5.41) is 2.84. The zero-order valence-electron chi connectivity index (χ0n) is 14.6. The molecule has 1 heterocycles. The fourth-order valence-corrected chi connectivity index (χ4v) is 2.91. The van der Waals surface area contributed by atoms with E-state index in [-0.39, 0.29) is 6.04 Å². The number of hydrogen-bond acceptors (Lipinski definition) is 4. The van der Waals surface area contributed by atoms with E-state index in [1.807, 2.05) is 78.9 Å². The number of nitrogens with one attached hydrogen (secondary N) is 1. The highest BCUT2D eigenvalue weighted by atomic mass is 16.6. The number of ether oxygens (including phenoxy) is 3. The second-order valence-electron chi connectivity index (χ2n) is 6.16. The highest BCUT2D eigenvalue weighted by Crippen LogP contribution is 2.37. The number of alkyl carbamates (subject to hydrolysis) is 1. The van der Waals surface area contributed by atoms with Gasteiger partial charge in [-0.1, -0.05) is 42.5 Å². The molecule has 0 spiro atoms. The van der Waals surface area contributed by atoms with Crippen molar-refractivity contribution in [3.8, 4) is 23.0 Å². The molecule has 0 bridgehead atoms. The van der Waals surface area contributed by atoms with Gasteiger partial charge in [0, 0.05) is 6.42 Å². The second kappa shape index (κ2) is 7.83. The summed E-state index contributed by atoms with van der Waals surface area (Å²) < 4.78 is 17.0. The van der Waals surface area contributed by atoms with Crippen LogP contribution in [-0.2, 0) is 4.74 Å². The van der Waals surface area contributed by atoms with Gasteiger partial charge in [-0.05, 0) is 42.0 Å². The third-order valence-corrected chi connectivity index (χ3v) is 4.24. The fraction of sp³-hybridized carbons (Fsp3) is 0.136. The van der Waals surface area contributed by atoms with E-state index in [0.29, 0.717) is 30.3 Å². The molecule has 0 aromatic heterocycles. The van der Waals surface area contributed by atoms with Gasteiger partial charge in [-0.25, -0.2) is 4.79 Å². The molecule has 136 valence electrons. The van der Waals surface area contributed by atoms with Crippen molar-refractivity contribution in [2.45, 2.75) is 12.5 Å². The SMILES string of the molecule is O=C1N[C@H](c2ccc(Oc3ccccc3)c(Oc3ccccc3)c2)CCO1. The molecule has 1 aliphatic rings. The summed E-state index contributed by atoms with van der Waals surface area (Å²) in [7, 11) is 0. The third-order valence-electron chi connectivity index (χ3n) is 4.24. The van der Waals surface area contributed by atoms with Gasteiger partial charge in [0.15, 0.2) is 11.5 Å². The Morgan fingerprint density at radius 2 is 1.44 bits per heavy atom. The summed E-state index contributed by atoms with van der Waals surface area (Å²) >= 11 is 0. The second-order valence-corrected chi connectivity index (χ2v) is 6.16. The molecule has 3 aromatic rings. The van der Waals surface area contributed by atoms with Crippen LogP contribution in [-0.4, -0.2) is 12.7 Å². The largest absolute Gasteiger partial charge is 0.453 e. The molecule has 5 nitrogen and oxygen atoms in total. The highest BCUT2D eigenvalue weighted by molar-refractivity contribution is 5.68. The van der Waals surface area contributed by atoms with Gasteiger partial charge in [-0.3, -0.25) is 0 Å². The van der Waals surface area contributed by atoms with Gasteiger partial charge in [0.1, 0.15) is 11.5 Å². The molecule has 1 aliphatic heterocycles. The van der Waals surface area contributed by atoms with E-state index in [9.17, 15) is 4.79 Å². The summed E-state index contributed by atoms with van der Waals surface area (Å²) in [5.41, 5.74) is 0.943. The number of benzene rings is 3. The first-order valence-corrected chi connectivity index (χ1v) is 8.81. The number of cyclic esters (lactones) is 1. The zero-order chi connectivity index (χ0) is 18.5. The van der Waals surface area contributed by atoms with E-state index in [1.54, 1.807) is 0 Å². The van der Waals surface area contributed by atoms with Crippen molar-refractivity contribution >= 4 is 6.09 Å². The first-order valence-electron chi connectivity index (χ1n) is 8.81. The quantitative estimate of drug-likeness (QED) is 0.657. The van der Waals surface area contributed by atoms with Gasteiger partial charge in [0.2, 0.25) is 0 Å². The molecule has 1 N–H and O–H groups in total. The summed E-state index contributed by atoms with van der Waals surface area (Å²) in [6, 6.07) is 24.7. The van der Waals surface area contributed by atoms with E-state index < -0.39 is 6.09 Å². The minimum absolute atomic E-state index is 0.116. The van der Waals surface area contributed by atoms with Gasteiger partial charge in [0.25, 0.3) is 0 Å². The van der Waals surface area contributed by atoms with Crippen LogP contribution in [0.3, 0.4) is 0 Å². The molecular formula is C22H19NO4. The van der Waals surface area contributed by atoms with Crippen LogP contribution in [0.4, 0.5) is 4.79 Å². The predicted octanol–water partition coefficient (Wildman–Crippen LogP) is 5.44. The van der Waals surface area contributed by atoms with Gasteiger partial charge >= 0.3 is 6.09 Å². The van der Waals surface area contributed by atoms with Crippen LogP contribution in [0.5, 0.6) is 23.0 Å². The number of carbonyl (C=O) groups excluding carboxylic acids is 1. The lowest BCUT2D eigenvalue weighted by Gasteiger charge is -2.24. The molecule has 0 aliphatic carbocycles. The van der Waals surface area contributed by atoms with Crippen molar-refractivity contribution in [3.05, 3.63) is 84.4 Å². The van der Waals surface area contributed by atoms with E-state index in [4.69, 9.17) is 14.2 Å². The molecule has 3 aromatic carbocycles. The average molecular weight is 361 g/mol. The summed E-state index contributed by atoms with van der Waals surface area (Å²) in [5.74, 6) is 2.63. The van der Waals surface area contributed by atoms with Crippen molar-refractivity contribution in [1.82, 2.24) is 5.32 Å². The van der Waals surface area contributed by atoms with E-state index in [0.717, 1.165) is 11.3 Å². The Morgan fingerprint density at radius 1 is 0.815 bits per heavy atom. The smallest absolute Gasteiger partial charge is 0.407 e. The van der Waals surface area contributed by atoms with Crippen molar-refractivity contribution in [2.24, 2.45) is 0 Å². The predicted molar refractivity (Wildman–Crippen MR) is 101 cm³/mol. The molecule has 0 saturated carbocycles. The average Bonchev–Trinajstić information content (AvgIpc) is 2.71. The molecular weight excluding hydrogens is 342 g/mol. The Kier molecular flexibility index (Phi) is 4.92. The summed E-state index contributed by atoms with van der Waals surface area (Å²) in [6.07, 6.45) is 0.302. The topological polar surface area (TPSA) is 56.8 Å². The molecule has 1 amide bonds. The Balaban J connectivity index is 1.66. The monoisotopic (exact) mass is 361 g/mol. The van der Waals surface area contributed by atoms with E-state index in [1.165, 1.54) is 0 Å². The number of rotatable bonds is 5. The van der Waals surface area contributed by atoms with Crippen LogP contribution >= 0.6 is 0 Å². The molecule has 0 unspecified atom stereocenters. The Morgan fingerprint density at radius 3 is 2.07 bits per heavy atom. The van der Waals surface area contributed by atoms with Crippen LogP contribution in [0, 0.1) is 0 Å². The maximum atomic E-state index is 11.5. The van der Waals surface area contributed by atoms with Gasteiger partial charge in [-0.15, -0.1) is 0 Å². The third kappa shape index (κ3) is 4.20. The van der Waals surface area contributed by atoms with E-state index in [2.05, 4.69) is 5.32 Å². The lowest BCUT2D eigenvalue weighted by molar-refractivity contribution is 0.115. The zero-order valence-corrected chi connectivity index (χ0v) is 14.6. The Hall–Kier alpha value is -3.47. The molecule has 1 fully saturated rings. The first-order chi connectivity index (χ1) is 13.3. The molecule has 0 radical (unpaired) electrons. The number of amides is 1. The van der Waals surface area contributed by atoms with Crippen molar-refractivity contribution in [1.29, 1.82) is 0 Å². The van der Waals surface area contributed by atoms with Crippen LogP contribution in [0.15, 0.2) is 78.9 Å². The molecule has 1 saturated heterocycles. The van der Waals surface area contributed by atoms with Crippen LogP contribution in [0.25, 0.3) is 0 Å². The van der Waals surface area contributed by atoms with Crippen molar-refractivity contribution in [2.75, 3.05) is 6.61 Å². The van der Waals surface area contributed by atoms with E-state index >= 15 is 0 Å². The summed E-state index contributed by atoms with van der Waals surface area (Å²) in [6.45, 7) is 0.396. The van der Waals surface area contributed by atoms with Gasteiger partial charge < -0.3 is 19.5 Å². The minimum atomic E-state index is -0.401. The number of carbonyl (C=O) groups is 1. The minimum Gasteiger partial charge on any atom is -0.453 e. The normalized spacial score (nSPS) is 16.1. The maximum Gasteiger partial charge on any atom is 0.407 e. The Labute approximate surface area is 157 Å². The number of hydrogen-bond donors (Lipinski definition) is 1. The summed E-state index contributed by atoms with van der Waals surface area (Å²) in [4.78, 5) is 11.5. The highest BCUT2D eigenvalue weighted by Gasteiger charge is 2.22. The van der Waals surface area contributed by atoms with Gasteiger partial charge in [-0.2, -0.15) is 0 Å². The van der Waals surface area contributed by atoms with Crippen molar-refractivity contribution in [3.63, 3.8) is 0 Å². The first kappa shape index (κ1) is 17.0. The number of para-hydroxylation sites is 2. The molecule has 4 rings (SSSR count). The fourth-order valence-electron chi connectivity index (χ4n) is 2.91. The van der Waals surface area contributed by atoms with Crippen LogP contribution < -0.4 is 14.8 Å². The van der Waals surface area contributed by atoms with Crippen molar-refractivity contribution < 1.29 is 19.0 Å². The maximum absolute atomic E-state index is 11.5. The standard InChI is InChI=1S/C22H19NO4/c24-22-23-19(13-14-25-22)16-11-12-20(26-17-7-3-1-4-8-17)21(15-16)27-18-9-5-2-6-10-18/h1-12,15,19H,13-14H2,(H,23,24)/t19-/m0/s1. The van der Waals surface area contributed by atoms with Crippen LogP contribution in [0.2, 0.25) is 0 Å². The molecule has 27 heavy (non-hydrogen) atoms. The Bertz CT molecular complexity index is 912. The van der Waals surface area contributed by atoms with Gasteiger partial charge in [0.05, 0.1) is 12.6 Å². The molecule has 5 heteroatoms. The molecule has 1 atom stereocenters. The van der Waals surface area contributed by atoms with Crippen LogP contribution in [0.1, 0.15) is 18.0 Å².